The molecule has 4 aromatic rings. The summed E-state index contributed by atoms with van der Waals surface area (Å²) in [6.07, 6.45) is 4.86. The van der Waals surface area contributed by atoms with E-state index in [1.165, 1.54) is 11.1 Å². The Balaban J connectivity index is 1.13. The van der Waals surface area contributed by atoms with Crippen LogP contribution in [0.15, 0.2) is 109 Å². The van der Waals surface area contributed by atoms with Crippen molar-refractivity contribution in [2.24, 2.45) is 5.92 Å². The van der Waals surface area contributed by atoms with Gasteiger partial charge in [-0.2, -0.15) is 0 Å². The summed E-state index contributed by atoms with van der Waals surface area (Å²) >= 11 is 0. The van der Waals surface area contributed by atoms with Crippen LogP contribution in [-0.2, 0) is 17.8 Å². The van der Waals surface area contributed by atoms with Crippen LogP contribution < -0.4 is 9.64 Å². The quantitative estimate of drug-likeness (QED) is 0.245. The van der Waals surface area contributed by atoms with E-state index in [-0.39, 0.29) is 17.6 Å². The molecule has 6 rings (SSSR count). The molecule has 5 heteroatoms. The molecule has 0 N–H and O–H groups in total. The summed E-state index contributed by atoms with van der Waals surface area (Å²) in [5, 5.41) is 0. The second-order valence-electron chi connectivity index (χ2n) is 11.0. The lowest BCUT2D eigenvalue weighted by atomic mass is 9.90. The predicted octanol–water partition coefficient (Wildman–Crippen LogP) is 7.06. The molecule has 0 radical (unpaired) electrons. The number of rotatable bonds is 6. The maximum Gasteiger partial charge on any atom is 0.294 e. The van der Waals surface area contributed by atoms with E-state index in [1.807, 2.05) is 78.6 Å². The molecule has 0 aromatic heterocycles. The normalized spacial score (nSPS) is 16.4. The number of hydrogen-bond acceptors (Lipinski definition) is 3. The van der Waals surface area contributed by atoms with Gasteiger partial charge in [0, 0.05) is 18.7 Å². The summed E-state index contributed by atoms with van der Waals surface area (Å²) in [7, 11) is 0. The van der Waals surface area contributed by atoms with Crippen LogP contribution in [0.1, 0.15) is 45.5 Å². The van der Waals surface area contributed by atoms with E-state index in [2.05, 4.69) is 36.4 Å². The van der Waals surface area contributed by atoms with Crippen molar-refractivity contribution in [1.82, 2.24) is 4.90 Å². The van der Waals surface area contributed by atoms with E-state index in [0.29, 0.717) is 23.8 Å². The largest absolute Gasteiger partial charge is 0.449 e. The number of likely N-dealkylation sites (tertiary alicyclic amines) is 1. The number of ether oxygens (including phenoxy) is 1. The third-order valence-corrected chi connectivity index (χ3v) is 8.02. The Kier molecular flexibility index (Phi) is 7.68. The Morgan fingerprint density at radius 1 is 0.829 bits per heavy atom. The smallest absolute Gasteiger partial charge is 0.294 e. The Labute approximate surface area is 241 Å². The van der Waals surface area contributed by atoms with Crippen molar-refractivity contribution in [3.05, 3.63) is 137 Å². The highest BCUT2D eigenvalue weighted by molar-refractivity contribution is 6.09. The zero-order chi connectivity index (χ0) is 28.2. The Hall–Kier alpha value is -4.64. The van der Waals surface area contributed by atoms with Crippen LogP contribution in [0.2, 0.25) is 0 Å². The van der Waals surface area contributed by atoms with Gasteiger partial charge < -0.3 is 9.64 Å². The van der Waals surface area contributed by atoms with Gasteiger partial charge in [-0.15, -0.1) is 0 Å². The molecule has 5 nitrogen and oxygen atoms in total. The number of para-hydroxylation sites is 2. The molecule has 4 aromatic carbocycles. The molecule has 0 aliphatic carbocycles. The fourth-order valence-electron chi connectivity index (χ4n) is 5.64. The van der Waals surface area contributed by atoms with Crippen LogP contribution >= 0.6 is 0 Å². The van der Waals surface area contributed by atoms with Crippen molar-refractivity contribution >= 4 is 23.6 Å². The summed E-state index contributed by atoms with van der Waals surface area (Å²) < 4.78 is 6.06. The number of amides is 2. The number of nitrogens with zero attached hydrogens (tertiary/aromatic N) is 2. The number of fused-ring (bicyclic) bond motifs is 1. The Bertz CT molecular complexity index is 1550. The lowest BCUT2D eigenvalue weighted by molar-refractivity contribution is -0.117. The van der Waals surface area contributed by atoms with Crippen molar-refractivity contribution in [3.8, 4) is 5.75 Å². The summed E-state index contributed by atoms with van der Waals surface area (Å²) in [4.78, 5) is 30.5. The lowest BCUT2D eigenvalue weighted by Gasteiger charge is -2.32. The second kappa shape index (κ2) is 11.8. The van der Waals surface area contributed by atoms with E-state index in [9.17, 15) is 9.59 Å². The number of aryl methyl sites for hydroxylation is 1. The molecule has 2 aliphatic rings. The fraction of sp³-hybridized carbons (Fsp3) is 0.222. The first kappa shape index (κ1) is 26.6. The number of carbonyl (C=O) groups is 2. The molecule has 2 aliphatic heterocycles. The van der Waals surface area contributed by atoms with Crippen LogP contribution in [0, 0.1) is 12.8 Å². The number of benzene rings is 4. The van der Waals surface area contributed by atoms with Gasteiger partial charge in [-0.1, -0.05) is 84.4 Å². The first-order chi connectivity index (χ1) is 20.0. The monoisotopic (exact) mass is 542 g/mol. The average Bonchev–Trinajstić information content (AvgIpc) is 3.01. The molecule has 0 spiro atoms. The molecule has 1 saturated heterocycles. The molecular formula is C36H34N2O3. The molecular weight excluding hydrogens is 508 g/mol. The van der Waals surface area contributed by atoms with E-state index in [1.54, 1.807) is 11.0 Å². The van der Waals surface area contributed by atoms with Crippen molar-refractivity contribution in [3.63, 3.8) is 0 Å². The Morgan fingerprint density at radius 3 is 2.24 bits per heavy atom. The summed E-state index contributed by atoms with van der Waals surface area (Å²) in [6.45, 7) is 4.06. The molecule has 0 bridgehead atoms. The minimum Gasteiger partial charge on any atom is -0.449 e. The predicted molar refractivity (Wildman–Crippen MR) is 163 cm³/mol. The Morgan fingerprint density at radius 2 is 1.51 bits per heavy atom. The zero-order valence-corrected chi connectivity index (χ0v) is 23.3. The number of piperidine rings is 1. The molecule has 41 heavy (non-hydrogen) atoms. The SMILES string of the molecule is Cc1ccc(CN2C(=O)C(=Cc3ccc(C(=O)N4CCC(Cc5ccccc5)CC4)cc3)Oc3ccccc32)cc1. The molecule has 0 atom stereocenters. The van der Waals surface area contributed by atoms with Gasteiger partial charge in [-0.25, -0.2) is 0 Å². The van der Waals surface area contributed by atoms with Gasteiger partial charge in [0.05, 0.1) is 12.2 Å². The van der Waals surface area contributed by atoms with E-state index >= 15 is 0 Å². The van der Waals surface area contributed by atoms with Crippen LogP contribution in [0.4, 0.5) is 5.69 Å². The van der Waals surface area contributed by atoms with Crippen molar-refractivity contribution < 1.29 is 14.3 Å². The highest BCUT2D eigenvalue weighted by Gasteiger charge is 2.30. The van der Waals surface area contributed by atoms with Gasteiger partial charge in [0.2, 0.25) is 0 Å². The fourth-order valence-corrected chi connectivity index (χ4v) is 5.64. The third kappa shape index (κ3) is 6.09. The van der Waals surface area contributed by atoms with Crippen molar-refractivity contribution in [2.75, 3.05) is 18.0 Å². The minimum atomic E-state index is -0.192. The highest BCUT2D eigenvalue weighted by Crippen LogP contribution is 2.36. The van der Waals surface area contributed by atoms with Gasteiger partial charge >= 0.3 is 0 Å². The van der Waals surface area contributed by atoms with Gasteiger partial charge in [0.25, 0.3) is 11.8 Å². The maximum atomic E-state index is 13.6. The minimum absolute atomic E-state index is 0.0607. The van der Waals surface area contributed by atoms with Gasteiger partial charge in [0.1, 0.15) is 0 Å². The number of anilines is 1. The van der Waals surface area contributed by atoms with Gasteiger partial charge in [-0.3, -0.25) is 14.5 Å². The van der Waals surface area contributed by atoms with E-state index in [0.717, 1.165) is 49.2 Å². The molecule has 0 saturated carbocycles. The third-order valence-electron chi connectivity index (χ3n) is 8.02. The molecule has 2 heterocycles. The van der Waals surface area contributed by atoms with E-state index in [4.69, 9.17) is 4.74 Å². The maximum absolute atomic E-state index is 13.6. The van der Waals surface area contributed by atoms with Crippen LogP contribution in [0.5, 0.6) is 5.75 Å². The van der Waals surface area contributed by atoms with Crippen LogP contribution in [-0.4, -0.2) is 29.8 Å². The van der Waals surface area contributed by atoms with Crippen LogP contribution in [0.25, 0.3) is 6.08 Å². The zero-order valence-electron chi connectivity index (χ0n) is 23.3. The van der Waals surface area contributed by atoms with Crippen molar-refractivity contribution in [1.29, 1.82) is 0 Å². The van der Waals surface area contributed by atoms with Crippen molar-refractivity contribution in [2.45, 2.75) is 32.7 Å². The standard InChI is InChI=1S/C36H34N2O3/c1-26-11-13-30(14-12-26)25-38-32-9-5-6-10-33(32)41-34(36(38)40)24-28-15-17-31(18-16-28)35(39)37-21-19-29(20-22-37)23-27-7-3-2-4-8-27/h2-18,24,29H,19-23,25H2,1H3. The van der Waals surface area contributed by atoms with Gasteiger partial charge in [-0.05, 0) is 79.1 Å². The van der Waals surface area contributed by atoms with E-state index < -0.39 is 0 Å². The number of hydrogen-bond donors (Lipinski definition) is 0. The summed E-state index contributed by atoms with van der Waals surface area (Å²) in [5.74, 6) is 1.39. The first-order valence-electron chi connectivity index (χ1n) is 14.3. The van der Waals surface area contributed by atoms with Gasteiger partial charge in [0.15, 0.2) is 11.5 Å². The summed E-state index contributed by atoms with van der Waals surface area (Å²) in [5.41, 5.74) is 5.81. The average molecular weight is 543 g/mol. The molecule has 0 unspecified atom stereocenters. The highest BCUT2D eigenvalue weighted by atomic mass is 16.5. The molecule has 1 fully saturated rings. The summed E-state index contributed by atoms with van der Waals surface area (Å²) in [6, 6.07) is 33.8. The molecule has 2 amide bonds. The lowest BCUT2D eigenvalue weighted by Crippen LogP contribution is -2.38. The second-order valence-corrected chi connectivity index (χ2v) is 11.0. The van der Waals surface area contributed by atoms with Crippen LogP contribution in [0.3, 0.4) is 0 Å². The topological polar surface area (TPSA) is 49.9 Å². The number of carbonyl (C=O) groups excluding carboxylic acids is 2. The first-order valence-corrected chi connectivity index (χ1v) is 14.3. The molecule has 206 valence electrons.